The van der Waals surface area contributed by atoms with Crippen LogP contribution in [0.1, 0.15) is 46.7 Å². The number of rotatable bonds is 4. The monoisotopic (exact) mass is 473 g/mol. The number of aromatic nitrogens is 2. The van der Waals surface area contributed by atoms with E-state index in [9.17, 15) is 22.8 Å². The Kier molecular flexibility index (Phi) is 6.32. The Morgan fingerprint density at radius 3 is 2.56 bits per heavy atom. The number of alkyl halides is 3. The van der Waals surface area contributed by atoms with E-state index < -0.39 is 34.8 Å². The molecular formula is C24H22F3N3O4. The van der Waals surface area contributed by atoms with E-state index in [1.807, 2.05) is 0 Å². The van der Waals surface area contributed by atoms with Crippen LogP contribution < -0.4 is 20.2 Å². The minimum atomic E-state index is -4.54. The van der Waals surface area contributed by atoms with Crippen molar-refractivity contribution in [1.82, 2.24) is 15.1 Å². The maximum absolute atomic E-state index is 13.1. The summed E-state index contributed by atoms with van der Waals surface area (Å²) in [6, 6.07) is 10.5. The summed E-state index contributed by atoms with van der Waals surface area (Å²) in [5, 5.41) is 6.79. The lowest BCUT2D eigenvalue weighted by molar-refractivity contribution is -0.137. The molecule has 0 spiro atoms. The van der Waals surface area contributed by atoms with E-state index in [1.54, 1.807) is 25.1 Å². The zero-order valence-electron chi connectivity index (χ0n) is 18.5. The molecule has 1 atom stereocenters. The third kappa shape index (κ3) is 4.90. The molecule has 4 rings (SSSR count). The van der Waals surface area contributed by atoms with Crippen molar-refractivity contribution in [2.75, 3.05) is 13.2 Å². The zero-order valence-corrected chi connectivity index (χ0v) is 18.5. The number of carbonyl (C=O) groups is 1. The van der Waals surface area contributed by atoms with Gasteiger partial charge in [-0.25, -0.2) is 4.68 Å². The number of benzene rings is 2. The Labute approximate surface area is 193 Å². The summed E-state index contributed by atoms with van der Waals surface area (Å²) in [7, 11) is 0. The van der Waals surface area contributed by atoms with Crippen LogP contribution in [-0.4, -0.2) is 28.9 Å². The third-order valence-corrected chi connectivity index (χ3v) is 5.36. The van der Waals surface area contributed by atoms with Crippen molar-refractivity contribution in [1.29, 1.82) is 0 Å². The number of carbonyl (C=O) groups excluding carboxylic acids is 1. The number of ether oxygens (including phenoxy) is 2. The Morgan fingerprint density at radius 2 is 1.82 bits per heavy atom. The largest absolute Gasteiger partial charge is 0.490 e. The van der Waals surface area contributed by atoms with Gasteiger partial charge in [-0.15, -0.1) is 0 Å². The van der Waals surface area contributed by atoms with E-state index in [-0.39, 0.29) is 11.4 Å². The van der Waals surface area contributed by atoms with Gasteiger partial charge in [-0.3, -0.25) is 9.59 Å². The van der Waals surface area contributed by atoms with Gasteiger partial charge in [0.25, 0.3) is 5.91 Å². The molecule has 3 aromatic rings. The van der Waals surface area contributed by atoms with Gasteiger partial charge in [0.2, 0.25) is 5.43 Å². The van der Waals surface area contributed by atoms with Crippen LogP contribution in [0.5, 0.6) is 11.5 Å². The second-order valence-corrected chi connectivity index (χ2v) is 7.91. The van der Waals surface area contributed by atoms with Crippen molar-refractivity contribution in [3.05, 3.63) is 81.3 Å². The number of amides is 1. The molecule has 1 amide bonds. The van der Waals surface area contributed by atoms with Crippen LogP contribution in [0.3, 0.4) is 0 Å². The van der Waals surface area contributed by atoms with Gasteiger partial charge in [0, 0.05) is 18.2 Å². The number of nitrogens with one attached hydrogen (secondary N) is 1. The van der Waals surface area contributed by atoms with Gasteiger partial charge in [-0.2, -0.15) is 18.3 Å². The quantitative estimate of drug-likeness (QED) is 0.614. The highest BCUT2D eigenvalue weighted by molar-refractivity contribution is 5.92. The molecule has 0 fully saturated rings. The molecule has 0 aliphatic carbocycles. The van der Waals surface area contributed by atoms with Crippen molar-refractivity contribution in [2.24, 2.45) is 0 Å². The Balaban J connectivity index is 1.61. The first-order chi connectivity index (χ1) is 16.1. The highest BCUT2D eigenvalue weighted by Crippen LogP contribution is 2.32. The molecule has 0 saturated carbocycles. The normalized spacial score (nSPS) is 14.3. The molecule has 0 radical (unpaired) electrons. The number of nitrogens with zero attached hydrogens (tertiary/aromatic N) is 2. The fourth-order valence-corrected chi connectivity index (χ4v) is 3.58. The molecule has 1 aromatic heterocycles. The molecule has 0 saturated heterocycles. The van der Waals surface area contributed by atoms with Gasteiger partial charge in [0.1, 0.15) is 0 Å². The predicted octanol–water partition coefficient (Wildman–Crippen LogP) is 4.21. The van der Waals surface area contributed by atoms with Crippen LogP contribution in [-0.2, 0) is 6.18 Å². The Morgan fingerprint density at radius 1 is 1.09 bits per heavy atom. The predicted molar refractivity (Wildman–Crippen MR) is 118 cm³/mol. The first-order valence-electron chi connectivity index (χ1n) is 10.6. The van der Waals surface area contributed by atoms with Crippen LogP contribution in [0.25, 0.3) is 5.69 Å². The number of aryl methyl sites for hydroxylation is 1. The van der Waals surface area contributed by atoms with Gasteiger partial charge in [-0.1, -0.05) is 12.1 Å². The number of fused-ring (bicyclic) bond motifs is 1. The highest BCUT2D eigenvalue weighted by atomic mass is 19.4. The third-order valence-electron chi connectivity index (χ3n) is 5.36. The van der Waals surface area contributed by atoms with Crippen LogP contribution >= 0.6 is 0 Å². The number of hydrogen-bond donors (Lipinski definition) is 1. The summed E-state index contributed by atoms with van der Waals surface area (Å²) >= 11 is 0. The molecule has 0 bridgehead atoms. The summed E-state index contributed by atoms with van der Waals surface area (Å²) in [6.07, 6.45) is -3.78. The second-order valence-electron chi connectivity index (χ2n) is 7.91. The molecule has 1 unspecified atom stereocenters. The van der Waals surface area contributed by atoms with Gasteiger partial charge in [-0.05, 0) is 49.7 Å². The minimum absolute atomic E-state index is 0.0809. The zero-order chi connectivity index (χ0) is 24.5. The lowest BCUT2D eigenvalue weighted by Crippen LogP contribution is -2.33. The average Bonchev–Trinajstić information content (AvgIpc) is 3.03. The first-order valence-corrected chi connectivity index (χ1v) is 10.6. The van der Waals surface area contributed by atoms with Crippen molar-refractivity contribution >= 4 is 5.91 Å². The van der Waals surface area contributed by atoms with E-state index in [0.717, 1.165) is 28.8 Å². The Hall–Kier alpha value is -3.82. The lowest BCUT2D eigenvalue weighted by atomic mass is 10.1. The second kappa shape index (κ2) is 9.20. The summed E-state index contributed by atoms with van der Waals surface area (Å²) in [4.78, 5) is 25.4. The molecule has 1 N–H and O–H groups in total. The molecule has 1 aliphatic rings. The maximum Gasteiger partial charge on any atom is 0.416 e. The topological polar surface area (TPSA) is 82.5 Å². The van der Waals surface area contributed by atoms with Crippen LogP contribution in [0.2, 0.25) is 0 Å². The van der Waals surface area contributed by atoms with Crippen LogP contribution in [0, 0.1) is 6.92 Å². The average molecular weight is 473 g/mol. The highest BCUT2D eigenvalue weighted by Gasteiger charge is 2.30. The van der Waals surface area contributed by atoms with E-state index in [4.69, 9.17) is 9.47 Å². The number of hydrogen-bond acceptors (Lipinski definition) is 5. The molecule has 34 heavy (non-hydrogen) atoms. The van der Waals surface area contributed by atoms with Crippen LogP contribution in [0.15, 0.2) is 53.3 Å². The van der Waals surface area contributed by atoms with Crippen molar-refractivity contribution in [3.8, 4) is 17.2 Å². The minimum Gasteiger partial charge on any atom is -0.490 e. The molecule has 2 heterocycles. The Bertz CT molecular complexity index is 1290. The molecule has 7 nitrogen and oxygen atoms in total. The van der Waals surface area contributed by atoms with Crippen molar-refractivity contribution < 1.29 is 27.4 Å². The fraction of sp³-hybridized carbons (Fsp3) is 0.292. The number of halogens is 3. The van der Waals surface area contributed by atoms with E-state index >= 15 is 0 Å². The SMILES string of the molecule is Cc1cc(=O)c(C(=O)NC(C)c2ccc3c(c2)OCCCO3)nn1-c1cccc(C(F)(F)F)c1. The van der Waals surface area contributed by atoms with Gasteiger partial charge in [0.15, 0.2) is 17.2 Å². The van der Waals surface area contributed by atoms with Gasteiger partial charge < -0.3 is 14.8 Å². The summed E-state index contributed by atoms with van der Waals surface area (Å²) in [5.41, 5.74) is -0.829. The summed E-state index contributed by atoms with van der Waals surface area (Å²) in [5.74, 6) is 0.436. The fourth-order valence-electron chi connectivity index (χ4n) is 3.58. The molecular weight excluding hydrogens is 451 g/mol. The smallest absolute Gasteiger partial charge is 0.416 e. The van der Waals surface area contributed by atoms with Gasteiger partial charge in [0.05, 0.1) is 30.5 Å². The van der Waals surface area contributed by atoms with Crippen molar-refractivity contribution in [2.45, 2.75) is 32.5 Å². The first kappa shape index (κ1) is 23.3. The van der Waals surface area contributed by atoms with E-state index in [1.165, 1.54) is 25.1 Å². The lowest BCUT2D eigenvalue weighted by Gasteiger charge is -2.17. The standard InChI is InChI=1S/C24H22F3N3O4/c1-14-11-19(31)22(29-30(14)18-6-3-5-17(13-18)24(25,26)27)23(32)28-15(2)16-7-8-20-21(12-16)34-10-4-9-33-20/h3,5-8,11-13,15H,4,9-10H2,1-2H3,(H,28,32). The van der Waals surface area contributed by atoms with Gasteiger partial charge >= 0.3 is 6.18 Å². The summed E-state index contributed by atoms with van der Waals surface area (Å²) < 4.78 is 51.8. The molecule has 1 aliphatic heterocycles. The van der Waals surface area contributed by atoms with Crippen molar-refractivity contribution in [3.63, 3.8) is 0 Å². The van der Waals surface area contributed by atoms with E-state index in [2.05, 4.69) is 10.4 Å². The molecule has 178 valence electrons. The van der Waals surface area contributed by atoms with Crippen LogP contribution in [0.4, 0.5) is 13.2 Å². The summed E-state index contributed by atoms with van der Waals surface area (Å²) in [6.45, 7) is 4.32. The maximum atomic E-state index is 13.1. The molecule has 2 aromatic carbocycles. The molecule has 10 heteroatoms. The van der Waals surface area contributed by atoms with E-state index in [0.29, 0.717) is 24.7 Å².